The SMILES string of the molecule is C[SiH](C1=CC=CC1)c1ccccc1.[CH3][Ti][CH3]. The second-order valence-electron chi connectivity index (χ2n) is 4.01. The van der Waals surface area contributed by atoms with Crippen molar-refractivity contribution in [3.05, 3.63) is 53.8 Å². The van der Waals surface area contributed by atoms with E-state index in [2.05, 4.69) is 65.6 Å². The van der Waals surface area contributed by atoms with Crippen LogP contribution in [0, 0.1) is 0 Å². The first-order chi connectivity index (χ1) is 7.79. The number of benzene rings is 1. The monoisotopic (exact) mass is 264 g/mol. The fourth-order valence-electron chi connectivity index (χ4n) is 1.74. The van der Waals surface area contributed by atoms with Crippen LogP contribution in [-0.4, -0.2) is 8.80 Å². The predicted molar refractivity (Wildman–Crippen MR) is 72.7 cm³/mol. The Morgan fingerprint density at radius 2 is 1.75 bits per heavy atom. The minimum absolute atomic E-state index is 0.500. The number of hydrogen-bond acceptors (Lipinski definition) is 0. The third kappa shape index (κ3) is 4.25. The van der Waals surface area contributed by atoms with Gasteiger partial charge in [-0.3, -0.25) is 0 Å². The van der Waals surface area contributed by atoms with Gasteiger partial charge in [-0.1, -0.05) is 65.5 Å². The van der Waals surface area contributed by atoms with E-state index < -0.39 is 8.80 Å². The van der Waals surface area contributed by atoms with Gasteiger partial charge in [-0.15, -0.1) is 0 Å². The Kier molecular flexibility index (Phi) is 6.70. The van der Waals surface area contributed by atoms with Crippen LogP contribution in [0.15, 0.2) is 53.8 Å². The maximum atomic E-state index is 2.41. The molecule has 0 nitrogen and oxygen atoms in total. The molecular formula is C14H20SiTi. The molecule has 1 aliphatic rings. The summed E-state index contributed by atoms with van der Waals surface area (Å²) in [4.78, 5) is 0. The van der Waals surface area contributed by atoms with E-state index in [0.29, 0.717) is 19.2 Å². The van der Waals surface area contributed by atoms with Crippen LogP contribution in [0.3, 0.4) is 0 Å². The summed E-state index contributed by atoms with van der Waals surface area (Å²) in [6, 6.07) is 10.9. The van der Waals surface area contributed by atoms with Gasteiger partial charge in [-0.05, 0) is 6.42 Å². The minimum atomic E-state index is -0.814. The molecule has 0 heterocycles. The molecule has 1 aromatic carbocycles. The molecule has 1 atom stereocenters. The number of rotatable bonds is 2. The van der Waals surface area contributed by atoms with Crippen LogP contribution in [0.1, 0.15) is 6.42 Å². The van der Waals surface area contributed by atoms with Crippen LogP contribution in [0.25, 0.3) is 0 Å². The molecule has 1 aliphatic carbocycles. The first kappa shape index (κ1) is 13.7. The van der Waals surface area contributed by atoms with Gasteiger partial charge in [0, 0.05) is 0 Å². The van der Waals surface area contributed by atoms with E-state index in [4.69, 9.17) is 0 Å². The van der Waals surface area contributed by atoms with Crippen LogP contribution in [0.4, 0.5) is 0 Å². The van der Waals surface area contributed by atoms with Crippen molar-refractivity contribution in [1.29, 1.82) is 0 Å². The molecule has 0 spiro atoms. The second-order valence-corrected chi connectivity index (χ2v) is 8.42. The van der Waals surface area contributed by atoms with Gasteiger partial charge in [0.2, 0.25) is 0 Å². The fourth-order valence-corrected chi connectivity index (χ4v) is 3.86. The molecule has 0 saturated heterocycles. The molecule has 1 aromatic rings. The third-order valence-electron chi connectivity index (χ3n) is 2.66. The standard InChI is InChI=1S/C12H14Si.2CH3.Ti/c1-13(12-9-5-6-10-12)11-7-3-2-4-8-11;;;/h2-9,13H,10H2,1H3;2*1H3;. The van der Waals surface area contributed by atoms with Gasteiger partial charge >= 0.3 is 29.6 Å². The van der Waals surface area contributed by atoms with E-state index in [1.165, 1.54) is 6.42 Å². The van der Waals surface area contributed by atoms with Gasteiger partial charge in [0.15, 0.2) is 0 Å². The molecule has 0 bridgehead atoms. The van der Waals surface area contributed by atoms with Crippen molar-refractivity contribution < 1.29 is 19.2 Å². The van der Waals surface area contributed by atoms with Crippen LogP contribution >= 0.6 is 0 Å². The molecule has 16 heavy (non-hydrogen) atoms. The summed E-state index contributed by atoms with van der Waals surface area (Å²) < 4.78 is 0. The van der Waals surface area contributed by atoms with E-state index in [-0.39, 0.29) is 0 Å². The molecule has 0 saturated carbocycles. The van der Waals surface area contributed by atoms with E-state index in [0.717, 1.165) is 0 Å². The van der Waals surface area contributed by atoms with Crippen molar-refractivity contribution in [1.82, 2.24) is 0 Å². The normalized spacial score (nSPS) is 14.8. The zero-order valence-corrected chi connectivity index (χ0v) is 13.1. The van der Waals surface area contributed by atoms with Gasteiger partial charge in [-0.2, -0.15) is 0 Å². The maximum absolute atomic E-state index is 2.41. The fraction of sp³-hybridized carbons (Fsp3) is 0.286. The Hall–Kier alpha value is -0.369. The molecule has 0 fully saturated rings. The summed E-state index contributed by atoms with van der Waals surface area (Å²) in [5, 5.41) is 7.71. The first-order valence-electron chi connectivity index (χ1n) is 5.78. The Balaban J connectivity index is 0.000000386. The summed E-state index contributed by atoms with van der Waals surface area (Å²) >= 11 is 0.500. The second kappa shape index (κ2) is 7.83. The summed E-state index contributed by atoms with van der Waals surface area (Å²) in [5.74, 6) is 0. The van der Waals surface area contributed by atoms with Crippen LogP contribution < -0.4 is 5.19 Å². The molecule has 0 amide bonds. The molecule has 84 valence electrons. The molecule has 2 heteroatoms. The molecule has 0 radical (unpaired) electrons. The van der Waals surface area contributed by atoms with Crippen LogP contribution in [0.5, 0.6) is 0 Å². The van der Waals surface area contributed by atoms with Crippen molar-refractivity contribution in [2.75, 3.05) is 0 Å². The summed E-state index contributed by atoms with van der Waals surface area (Å²) in [6.07, 6.45) is 7.91. The quantitative estimate of drug-likeness (QED) is 0.719. The summed E-state index contributed by atoms with van der Waals surface area (Å²) in [5.41, 5.74) is 0. The van der Waals surface area contributed by atoms with Gasteiger partial charge in [-0.25, -0.2) is 0 Å². The van der Waals surface area contributed by atoms with Crippen molar-refractivity contribution >= 4 is 14.0 Å². The number of allylic oxidation sites excluding steroid dienone is 4. The van der Waals surface area contributed by atoms with Crippen LogP contribution in [0.2, 0.25) is 17.0 Å². The zero-order chi connectivity index (χ0) is 11.8. The van der Waals surface area contributed by atoms with E-state index in [1.54, 1.807) is 10.4 Å². The zero-order valence-electron chi connectivity index (χ0n) is 10.4. The topological polar surface area (TPSA) is 0 Å². The Labute approximate surface area is 110 Å². The molecule has 0 aliphatic heterocycles. The van der Waals surface area contributed by atoms with Crippen molar-refractivity contribution in [2.24, 2.45) is 0 Å². The van der Waals surface area contributed by atoms with Gasteiger partial charge in [0.1, 0.15) is 0 Å². The average molecular weight is 264 g/mol. The third-order valence-corrected chi connectivity index (χ3v) is 5.58. The van der Waals surface area contributed by atoms with E-state index in [1.807, 2.05) is 0 Å². The summed E-state index contributed by atoms with van der Waals surface area (Å²) in [6.45, 7) is 2.41. The molecular weight excluding hydrogens is 244 g/mol. The number of hydrogen-bond donors (Lipinski definition) is 0. The average Bonchev–Trinajstić information content (AvgIpc) is 2.84. The van der Waals surface area contributed by atoms with Crippen molar-refractivity contribution in [3.63, 3.8) is 0 Å². The van der Waals surface area contributed by atoms with Gasteiger partial charge in [0.25, 0.3) is 0 Å². The Morgan fingerprint density at radius 1 is 1.12 bits per heavy atom. The predicted octanol–water partition coefficient (Wildman–Crippen LogP) is 3.34. The summed E-state index contributed by atoms with van der Waals surface area (Å²) in [7, 11) is -0.814. The van der Waals surface area contributed by atoms with Crippen LogP contribution in [-0.2, 0) is 19.2 Å². The van der Waals surface area contributed by atoms with E-state index in [9.17, 15) is 0 Å². The molecule has 0 aromatic heterocycles. The van der Waals surface area contributed by atoms with Crippen molar-refractivity contribution in [2.45, 2.75) is 23.4 Å². The van der Waals surface area contributed by atoms with Gasteiger partial charge in [0.05, 0.1) is 8.80 Å². The molecule has 0 N–H and O–H groups in total. The Bertz CT molecular complexity index is 354. The first-order valence-corrected chi connectivity index (χ1v) is 11.2. The van der Waals surface area contributed by atoms with E-state index >= 15 is 0 Å². The Morgan fingerprint density at radius 3 is 2.25 bits per heavy atom. The van der Waals surface area contributed by atoms with Crippen molar-refractivity contribution in [3.8, 4) is 0 Å². The van der Waals surface area contributed by atoms with Gasteiger partial charge < -0.3 is 0 Å². The molecule has 2 rings (SSSR count). The molecule has 1 unspecified atom stereocenters.